The van der Waals surface area contributed by atoms with Crippen molar-refractivity contribution >= 4 is 24.0 Å². The Balaban J connectivity index is 1.53. The zero-order chi connectivity index (χ0) is 47.0. The van der Waals surface area contributed by atoms with Crippen molar-refractivity contribution in [3.05, 3.63) is 72.6 Å². The first-order valence-electron chi connectivity index (χ1n) is 21.0. The lowest BCUT2D eigenvalue weighted by molar-refractivity contribution is -0.153. The zero-order valence-corrected chi connectivity index (χ0v) is 40.2. The molecule has 338 valence electrons. The molecule has 0 radical (unpaired) electrons. The van der Waals surface area contributed by atoms with Crippen molar-refractivity contribution in [1.82, 2.24) is 40.4 Å². The van der Waals surface area contributed by atoms with Crippen LogP contribution in [-0.2, 0) is 19.1 Å². The number of imidazole rings is 2. The van der Waals surface area contributed by atoms with E-state index in [1.54, 1.807) is 54.4 Å². The molecule has 2 aromatic heterocycles. The number of amides is 4. The Hall–Kier alpha value is -5.66. The maximum atomic E-state index is 14.0. The Bertz CT molecular complexity index is 2050. The second-order valence-electron chi connectivity index (χ2n) is 21.2. The highest BCUT2D eigenvalue weighted by atomic mass is 16.6. The van der Waals surface area contributed by atoms with E-state index < -0.39 is 68.9 Å². The van der Waals surface area contributed by atoms with Gasteiger partial charge in [-0.25, -0.2) is 19.6 Å². The highest BCUT2D eigenvalue weighted by Crippen LogP contribution is 2.40. The number of hydrogen-bond acceptors (Lipinski definition) is 8. The van der Waals surface area contributed by atoms with E-state index in [-0.39, 0.29) is 0 Å². The summed E-state index contributed by atoms with van der Waals surface area (Å²) in [5, 5.41) is 6.30. The monoisotopic (exact) mass is 855 g/mol. The molecule has 2 aromatic carbocycles. The SMILES string of the molecule is CN(C)C(=O)OC(C)(C(=O)N[C@H](c1ncc(-c2ccc(-c3ccc(-c4cnc([C@@H](NC(=O)C(C)(OC(=O)N(C)C)C(C)(C)C)C(C)(C)C)[nH]4)cc3)cc2)[nH]1)C(C)(C)C)C(C)(C)C. The molecule has 14 heteroatoms. The molecule has 0 bridgehead atoms. The summed E-state index contributed by atoms with van der Waals surface area (Å²) in [6, 6.07) is 15.3. The van der Waals surface area contributed by atoms with Crippen LogP contribution < -0.4 is 10.6 Å². The highest BCUT2D eigenvalue weighted by Gasteiger charge is 2.51. The Kier molecular flexibility index (Phi) is 13.9. The fraction of sp³-hybridized carbons (Fsp3) is 0.542. The van der Waals surface area contributed by atoms with Gasteiger partial charge in [-0.2, -0.15) is 0 Å². The van der Waals surface area contributed by atoms with E-state index in [9.17, 15) is 19.2 Å². The molecule has 2 heterocycles. The Morgan fingerprint density at radius 2 is 0.774 bits per heavy atom. The van der Waals surface area contributed by atoms with Gasteiger partial charge in [0.15, 0.2) is 11.2 Å². The molecule has 4 N–H and O–H groups in total. The molecule has 4 rings (SSSR count). The van der Waals surface area contributed by atoms with Crippen LogP contribution in [0.3, 0.4) is 0 Å². The number of benzene rings is 2. The van der Waals surface area contributed by atoms with Crippen LogP contribution in [0, 0.1) is 21.7 Å². The summed E-state index contributed by atoms with van der Waals surface area (Å²) in [6.07, 6.45) is 2.32. The van der Waals surface area contributed by atoms with E-state index in [1.807, 2.05) is 132 Å². The maximum Gasteiger partial charge on any atom is 0.410 e. The lowest BCUT2D eigenvalue weighted by atomic mass is 9.76. The number of aromatic nitrogens is 4. The van der Waals surface area contributed by atoms with Gasteiger partial charge in [-0.1, -0.05) is 132 Å². The third-order valence-electron chi connectivity index (χ3n) is 11.8. The quantitative estimate of drug-likeness (QED) is 0.115. The van der Waals surface area contributed by atoms with Crippen LogP contribution in [0.1, 0.15) is 121 Å². The maximum absolute atomic E-state index is 14.0. The van der Waals surface area contributed by atoms with E-state index >= 15 is 0 Å². The van der Waals surface area contributed by atoms with Gasteiger partial charge in [-0.3, -0.25) is 9.59 Å². The number of nitrogens with zero attached hydrogens (tertiary/aromatic N) is 4. The zero-order valence-electron chi connectivity index (χ0n) is 40.2. The molecule has 0 aliphatic rings. The lowest BCUT2D eigenvalue weighted by Crippen LogP contribution is -2.58. The normalized spacial score (nSPS) is 15.3. The van der Waals surface area contributed by atoms with Crippen molar-refractivity contribution < 1.29 is 28.7 Å². The Morgan fingerprint density at radius 3 is 1.02 bits per heavy atom. The van der Waals surface area contributed by atoms with Crippen LogP contribution >= 0.6 is 0 Å². The first-order chi connectivity index (χ1) is 28.3. The smallest absolute Gasteiger partial charge is 0.410 e. The second kappa shape index (κ2) is 17.6. The molecule has 62 heavy (non-hydrogen) atoms. The molecule has 0 saturated heterocycles. The average Bonchev–Trinajstić information content (AvgIpc) is 3.85. The molecule has 0 spiro atoms. The van der Waals surface area contributed by atoms with Gasteiger partial charge < -0.3 is 39.9 Å². The standard InChI is InChI=1S/C48H70N8O6/c1-43(2,3)35(53-39(57)47(13,45(7,8)9)61-41(59)55(15)16)37-49-27-33(51-37)31-23-19-29(20-24-31)30-21-25-32(26-22-30)34-28-50-38(52-34)36(44(4,5)6)54-40(58)48(14,46(10,11)12)62-42(60)56(17)18/h19-28,35-36H,1-18H3,(H,49,51)(H,50,52)(H,53,57)(H,54,58)/t35-,36-,47?,48?/m1/s1. The molecular formula is C48H70N8O6. The summed E-state index contributed by atoms with van der Waals surface area (Å²) in [4.78, 5) is 72.1. The first kappa shape index (κ1) is 49.0. The molecule has 0 aliphatic heterocycles. The topological polar surface area (TPSA) is 175 Å². The molecule has 0 fully saturated rings. The van der Waals surface area contributed by atoms with Gasteiger partial charge in [0.2, 0.25) is 0 Å². The van der Waals surface area contributed by atoms with Crippen molar-refractivity contribution in [2.45, 2.75) is 120 Å². The summed E-state index contributed by atoms with van der Waals surface area (Å²) < 4.78 is 11.6. The van der Waals surface area contributed by atoms with Gasteiger partial charge in [0.1, 0.15) is 11.6 Å². The molecule has 14 nitrogen and oxygen atoms in total. The molecule has 0 aliphatic carbocycles. The molecule has 4 aromatic rings. The fourth-order valence-electron chi connectivity index (χ4n) is 6.48. The Morgan fingerprint density at radius 1 is 0.500 bits per heavy atom. The average molecular weight is 855 g/mol. The number of nitrogens with one attached hydrogen (secondary N) is 4. The van der Waals surface area contributed by atoms with Gasteiger partial charge >= 0.3 is 12.2 Å². The Labute approximate surface area is 368 Å². The fourth-order valence-corrected chi connectivity index (χ4v) is 6.48. The van der Waals surface area contributed by atoms with Crippen molar-refractivity contribution in [3.63, 3.8) is 0 Å². The number of hydrogen-bond donors (Lipinski definition) is 4. The van der Waals surface area contributed by atoms with E-state index in [2.05, 4.69) is 20.6 Å². The molecule has 0 saturated carbocycles. The largest absolute Gasteiger partial charge is 0.432 e. The van der Waals surface area contributed by atoms with Crippen LogP contribution in [0.2, 0.25) is 0 Å². The van der Waals surface area contributed by atoms with E-state index in [4.69, 9.17) is 19.4 Å². The predicted octanol–water partition coefficient (Wildman–Crippen LogP) is 9.55. The van der Waals surface area contributed by atoms with Gasteiger partial charge in [0.25, 0.3) is 11.8 Å². The minimum absolute atomic E-state index is 0.412. The number of ether oxygens (including phenoxy) is 2. The summed E-state index contributed by atoms with van der Waals surface area (Å²) in [5.74, 6) is 0.347. The van der Waals surface area contributed by atoms with E-state index in [0.29, 0.717) is 11.6 Å². The number of carbonyl (C=O) groups is 4. The number of aromatic amines is 2. The first-order valence-corrected chi connectivity index (χ1v) is 21.0. The van der Waals surface area contributed by atoms with Gasteiger partial charge in [-0.15, -0.1) is 0 Å². The summed E-state index contributed by atoms with van der Waals surface area (Å²) in [7, 11) is 6.34. The molecular weight excluding hydrogens is 785 g/mol. The van der Waals surface area contributed by atoms with Crippen molar-refractivity contribution in [2.75, 3.05) is 28.2 Å². The van der Waals surface area contributed by atoms with Crippen LogP contribution in [0.5, 0.6) is 0 Å². The van der Waals surface area contributed by atoms with Crippen molar-refractivity contribution in [2.24, 2.45) is 21.7 Å². The summed E-state index contributed by atoms with van der Waals surface area (Å²) >= 11 is 0. The third-order valence-corrected chi connectivity index (χ3v) is 11.8. The summed E-state index contributed by atoms with van der Waals surface area (Å²) in [6.45, 7) is 26.6. The van der Waals surface area contributed by atoms with Crippen LogP contribution in [0.4, 0.5) is 9.59 Å². The van der Waals surface area contributed by atoms with Crippen LogP contribution in [0.15, 0.2) is 60.9 Å². The van der Waals surface area contributed by atoms with Gasteiger partial charge in [0.05, 0.1) is 35.9 Å². The molecule has 2 unspecified atom stereocenters. The third kappa shape index (κ3) is 10.7. The lowest BCUT2D eigenvalue weighted by Gasteiger charge is -2.42. The highest BCUT2D eigenvalue weighted by molar-refractivity contribution is 5.89. The van der Waals surface area contributed by atoms with Crippen molar-refractivity contribution in [1.29, 1.82) is 0 Å². The van der Waals surface area contributed by atoms with E-state index in [0.717, 1.165) is 33.6 Å². The van der Waals surface area contributed by atoms with Gasteiger partial charge in [0, 0.05) is 39.0 Å². The molecule has 4 atom stereocenters. The molecule has 4 amide bonds. The van der Waals surface area contributed by atoms with E-state index in [1.165, 1.54) is 9.80 Å². The van der Waals surface area contributed by atoms with Crippen LogP contribution in [-0.4, -0.2) is 93.1 Å². The predicted molar refractivity (Wildman–Crippen MR) is 244 cm³/mol. The second-order valence-corrected chi connectivity index (χ2v) is 21.2. The number of rotatable bonds is 11. The van der Waals surface area contributed by atoms with Crippen molar-refractivity contribution in [3.8, 4) is 33.6 Å². The summed E-state index contributed by atoms with van der Waals surface area (Å²) in [5.41, 5.74) is 0.259. The minimum Gasteiger partial charge on any atom is -0.432 e. The minimum atomic E-state index is -1.46. The number of H-pyrrole nitrogens is 2. The number of carbonyl (C=O) groups excluding carboxylic acids is 4. The van der Waals surface area contributed by atoms with Gasteiger partial charge in [-0.05, 0) is 46.9 Å². The van der Waals surface area contributed by atoms with Crippen LogP contribution in [0.25, 0.3) is 33.6 Å².